The molecule has 0 aliphatic heterocycles. The lowest BCUT2D eigenvalue weighted by molar-refractivity contribution is 0.242. The highest BCUT2D eigenvalue weighted by molar-refractivity contribution is 7.71. The Morgan fingerprint density at radius 1 is 1.38 bits per heavy atom. The van der Waals surface area contributed by atoms with Gasteiger partial charge in [-0.2, -0.15) is 14.9 Å². The number of hydrogen-bond donors (Lipinski definition) is 1. The molecule has 0 unspecified atom stereocenters. The summed E-state index contributed by atoms with van der Waals surface area (Å²) >= 11 is 6.96. The third-order valence-corrected chi connectivity index (χ3v) is 4.32. The lowest BCUT2D eigenvalue weighted by Crippen LogP contribution is -2.05. The molecule has 0 radical (unpaired) electrons. The number of aromatic amines is 1. The molecule has 0 amide bonds. The standard InChI is InChI=1S/C17H18N4OS2/c1-12(2)22-14-6-3-5-13(9-14)11-18-21-16(19-20-17(21)23)10-15-7-4-8-24-15/h3-9,11-12H,10H2,1-2H3,(H,20,23)/b18-11-. The Labute approximate surface area is 149 Å². The molecule has 5 nitrogen and oxygen atoms in total. The molecular weight excluding hydrogens is 340 g/mol. The minimum absolute atomic E-state index is 0.136. The van der Waals surface area contributed by atoms with Gasteiger partial charge < -0.3 is 4.74 Å². The largest absolute Gasteiger partial charge is 0.491 e. The summed E-state index contributed by atoms with van der Waals surface area (Å²) in [6, 6.07) is 11.9. The summed E-state index contributed by atoms with van der Waals surface area (Å²) in [6.45, 7) is 4.00. The normalized spacial score (nSPS) is 11.5. The van der Waals surface area contributed by atoms with Crippen molar-refractivity contribution >= 4 is 29.8 Å². The minimum atomic E-state index is 0.136. The predicted octanol–water partition coefficient (Wildman–Crippen LogP) is 4.26. The van der Waals surface area contributed by atoms with E-state index in [1.54, 1.807) is 22.2 Å². The lowest BCUT2D eigenvalue weighted by atomic mass is 10.2. The van der Waals surface area contributed by atoms with E-state index in [1.807, 2.05) is 49.6 Å². The van der Waals surface area contributed by atoms with Crippen LogP contribution < -0.4 is 4.74 Å². The number of ether oxygens (including phenoxy) is 1. The molecule has 0 saturated heterocycles. The van der Waals surface area contributed by atoms with Crippen molar-refractivity contribution in [2.75, 3.05) is 0 Å². The molecule has 24 heavy (non-hydrogen) atoms. The number of nitrogens with one attached hydrogen (secondary N) is 1. The number of hydrogen-bond acceptors (Lipinski definition) is 5. The van der Waals surface area contributed by atoms with Gasteiger partial charge in [-0.1, -0.05) is 18.2 Å². The third-order valence-electron chi connectivity index (χ3n) is 3.18. The summed E-state index contributed by atoms with van der Waals surface area (Å²) in [5, 5.41) is 13.6. The van der Waals surface area contributed by atoms with Crippen LogP contribution in [0.3, 0.4) is 0 Å². The molecule has 1 N–H and O–H groups in total. The van der Waals surface area contributed by atoms with E-state index in [9.17, 15) is 0 Å². The summed E-state index contributed by atoms with van der Waals surface area (Å²) in [7, 11) is 0. The fourth-order valence-corrected chi connectivity index (χ4v) is 3.09. The van der Waals surface area contributed by atoms with Crippen LogP contribution in [0.15, 0.2) is 46.9 Å². The molecule has 0 bridgehead atoms. The van der Waals surface area contributed by atoms with Crippen LogP contribution in [0.4, 0.5) is 0 Å². The molecule has 0 fully saturated rings. The summed E-state index contributed by atoms with van der Waals surface area (Å²) in [6.07, 6.45) is 2.59. The van der Waals surface area contributed by atoms with Gasteiger partial charge in [-0.05, 0) is 55.2 Å². The molecule has 0 aliphatic carbocycles. The van der Waals surface area contributed by atoms with Gasteiger partial charge in [0.15, 0.2) is 5.82 Å². The number of benzene rings is 1. The zero-order chi connectivity index (χ0) is 16.9. The zero-order valence-electron chi connectivity index (χ0n) is 13.5. The van der Waals surface area contributed by atoms with Crippen LogP contribution in [0.25, 0.3) is 0 Å². The molecule has 0 aliphatic rings. The first-order chi connectivity index (χ1) is 11.6. The van der Waals surface area contributed by atoms with Crippen molar-refractivity contribution in [2.24, 2.45) is 5.10 Å². The first-order valence-electron chi connectivity index (χ1n) is 7.61. The summed E-state index contributed by atoms with van der Waals surface area (Å²) in [5.41, 5.74) is 0.943. The van der Waals surface area contributed by atoms with Crippen LogP contribution in [0, 0.1) is 4.77 Å². The lowest BCUT2D eigenvalue weighted by Gasteiger charge is -2.09. The van der Waals surface area contributed by atoms with Crippen LogP contribution in [-0.2, 0) is 6.42 Å². The van der Waals surface area contributed by atoms with E-state index in [1.165, 1.54) is 4.88 Å². The Bertz CT molecular complexity index is 878. The second-order valence-corrected chi connectivity index (χ2v) is 6.92. The Hall–Kier alpha value is -2.25. The quantitative estimate of drug-likeness (QED) is 0.529. The number of rotatable bonds is 6. The molecule has 7 heteroatoms. The van der Waals surface area contributed by atoms with Gasteiger partial charge in [-0.3, -0.25) is 5.10 Å². The molecule has 124 valence electrons. The smallest absolute Gasteiger partial charge is 0.216 e. The zero-order valence-corrected chi connectivity index (χ0v) is 15.1. The average molecular weight is 358 g/mol. The van der Waals surface area contributed by atoms with Gasteiger partial charge in [0.1, 0.15) is 5.75 Å². The highest BCUT2D eigenvalue weighted by atomic mass is 32.1. The monoisotopic (exact) mass is 358 g/mol. The van der Waals surface area contributed by atoms with Crippen LogP contribution >= 0.6 is 23.6 Å². The van der Waals surface area contributed by atoms with Crippen molar-refractivity contribution in [2.45, 2.75) is 26.4 Å². The number of aromatic nitrogens is 3. The third kappa shape index (κ3) is 4.18. The van der Waals surface area contributed by atoms with E-state index in [0.717, 1.165) is 17.1 Å². The summed E-state index contributed by atoms with van der Waals surface area (Å²) < 4.78 is 7.84. The molecule has 3 aromatic rings. The first-order valence-corrected chi connectivity index (χ1v) is 8.90. The number of nitrogens with zero attached hydrogens (tertiary/aromatic N) is 3. The second-order valence-electron chi connectivity index (χ2n) is 5.50. The van der Waals surface area contributed by atoms with Crippen LogP contribution in [-0.4, -0.2) is 27.2 Å². The van der Waals surface area contributed by atoms with Gasteiger partial charge in [0, 0.05) is 11.3 Å². The molecule has 0 spiro atoms. The maximum absolute atomic E-state index is 5.70. The summed E-state index contributed by atoms with van der Waals surface area (Å²) in [5.74, 6) is 1.61. The molecule has 3 rings (SSSR count). The van der Waals surface area contributed by atoms with Crippen LogP contribution in [0.2, 0.25) is 0 Å². The van der Waals surface area contributed by atoms with Crippen molar-refractivity contribution in [1.82, 2.24) is 14.9 Å². The highest BCUT2D eigenvalue weighted by Gasteiger charge is 2.07. The maximum Gasteiger partial charge on any atom is 0.216 e. The van der Waals surface area contributed by atoms with Crippen LogP contribution in [0.1, 0.15) is 30.1 Å². The first kappa shape index (κ1) is 16.6. The fourth-order valence-electron chi connectivity index (χ4n) is 2.19. The molecule has 2 heterocycles. The summed E-state index contributed by atoms with van der Waals surface area (Å²) in [4.78, 5) is 1.22. The SMILES string of the molecule is CC(C)Oc1cccc(/C=N\n2c(Cc3cccs3)n[nH]c2=S)c1. The van der Waals surface area contributed by atoms with Gasteiger partial charge in [0.25, 0.3) is 0 Å². The van der Waals surface area contributed by atoms with E-state index < -0.39 is 0 Å². The number of thiophene rings is 1. The van der Waals surface area contributed by atoms with E-state index in [0.29, 0.717) is 11.2 Å². The van der Waals surface area contributed by atoms with E-state index in [4.69, 9.17) is 17.0 Å². The van der Waals surface area contributed by atoms with Crippen molar-refractivity contribution in [1.29, 1.82) is 0 Å². The van der Waals surface area contributed by atoms with Gasteiger partial charge in [-0.25, -0.2) is 0 Å². The van der Waals surface area contributed by atoms with Crippen molar-refractivity contribution in [3.8, 4) is 5.75 Å². The molecular formula is C17H18N4OS2. The Kier molecular flexibility index (Phi) is 5.22. The highest BCUT2D eigenvalue weighted by Crippen LogP contribution is 2.15. The van der Waals surface area contributed by atoms with E-state index in [2.05, 4.69) is 21.4 Å². The molecule has 0 atom stereocenters. The topological polar surface area (TPSA) is 55.2 Å². The van der Waals surface area contributed by atoms with E-state index >= 15 is 0 Å². The Morgan fingerprint density at radius 3 is 3.00 bits per heavy atom. The fraction of sp³-hybridized carbons (Fsp3) is 0.235. The second kappa shape index (κ2) is 7.55. The Morgan fingerprint density at radius 2 is 2.25 bits per heavy atom. The molecule has 0 saturated carbocycles. The molecule has 2 aromatic heterocycles. The maximum atomic E-state index is 5.70. The van der Waals surface area contributed by atoms with Crippen LogP contribution in [0.5, 0.6) is 5.75 Å². The van der Waals surface area contributed by atoms with Crippen molar-refractivity contribution < 1.29 is 4.74 Å². The predicted molar refractivity (Wildman–Crippen MR) is 99.7 cm³/mol. The minimum Gasteiger partial charge on any atom is -0.491 e. The van der Waals surface area contributed by atoms with Crippen molar-refractivity contribution in [3.63, 3.8) is 0 Å². The van der Waals surface area contributed by atoms with Gasteiger partial charge in [-0.15, -0.1) is 11.3 Å². The van der Waals surface area contributed by atoms with Gasteiger partial charge in [0.05, 0.1) is 12.3 Å². The Balaban J connectivity index is 1.82. The van der Waals surface area contributed by atoms with Crippen molar-refractivity contribution in [3.05, 3.63) is 62.8 Å². The molecule has 1 aromatic carbocycles. The number of H-pyrrole nitrogens is 1. The van der Waals surface area contributed by atoms with Gasteiger partial charge >= 0.3 is 0 Å². The van der Waals surface area contributed by atoms with Gasteiger partial charge in [0.2, 0.25) is 4.77 Å². The average Bonchev–Trinajstić information content (AvgIpc) is 3.16. The van der Waals surface area contributed by atoms with E-state index in [-0.39, 0.29) is 6.10 Å².